The second-order valence-electron chi connectivity index (χ2n) is 26.2. The Kier molecular flexibility index (Phi) is 27.4. The molecule has 0 unspecified atom stereocenters. The second kappa shape index (κ2) is 35.8. The van der Waals surface area contributed by atoms with Crippen LogP contribution in [0.4, 0.5) is 32.5 Å². The lowest BCUT2D eigenvalue weighted by atomic mass is 10.1. The number of pyridine rings is 1. The van der Waals surface area contributed by atoms with Crippen molar-refractivity contribution in [3.63, 3.8) is 0 Å². The zero-order valence-corrected chi connectivity index (χ0v) is 65.2. The number of benzene rings is 8. The second-order valence-corrected chi connectivity index (χ2v) is 35.8. The zero-order chi connectivity index (χ0) is 75.5. The average Bonchev–Trinajstić information content (AvgIpc) is 1.66. The van der Waals surface area contributed by atoms with Crippen molar-refractivity contribution in [2.24, 2.45) is 0 Å². The third-order valence-electron chi connectivity index (χ3n) is 18.6. The first-order chi connectivity index (χ1) is 51.3. The molecule has 4 aromatic heterocycles. The van der Waals surface area contributed by atoms with E-state index in [4.69, 9.17) is 11.6 Å². The molecule has 0 saturated carbocycles. The lowest BCUT2D eigenvalue weighted by Gasteiger charge is -2.21. The van der Waals surface area contributed by atoms with Gasteiger partial charge in [-0.3, -0.25) is 32.3 Å². The Hall–Kier alpha value is -10.3. The number of aromatic nitrogens is 4. The molecule has 3 amide bonds. The number of fused-ring (bicyclic) bond motifs is 3. The van der Waals surface area contributed by atoms with Crippen molar-refractivity contribution in [1.82, 2.24) is 19.9 Å². The molecular formula is C85H91ClN10O9S6. The maximum atomic E-state index is 13.4. The Labute approximate surface area is 669 Å². The number of hydrogen-bond donors (Lipinski definition) is 3. The van der Waals surface area contributed by atoms with E-state index in [0.29, 0.717) is 91.1 Å². The van der Waals surface area contributed by atoms with Gasteiger partial charge in [0.05, 0.1) is 68.1 Å². The Balaban J connectivity index is 0.000000188. The standard InChI is InChI=1S/C28H27N3O3S2.C27H24ClN3O3S2.C26H24N4O3S2.4CH4/c1-18-8-10-21(11-9-18)16-26(32)29-28-30-27(20(3)35-28)23-12-13-24-22(17-23)14-15-31(24)36(33,34)25-7-5-4-6-19(25)2;1-17-5-3-4-6-24(17)36(33,34)31-14-13-20-16-21(9-12-23(20)31)26-18(2)35-27(30-26)29-25(32)15-19-7-10-22(28)11-8-19;1-17-5-3-4-6-23(17)35(32,33)30-14-11-20-16-21(7-8-22(20)30)25-18(2)34-26(29-25)28-24(31)15-19-9-12-27-13-10-19;;;;/h4-13,17H,14-16H2,1-3H3,(H,29,30,32);3-12,16H,13-15H2,1-2H3,(H,29,30,32);3-10,12-13,16H,11,14-15H2,1-2H3,(H,28,29,31);4*1H4. The van der Waals surface area contributed by atoms with E-state index in [1.807, 2.05) is 188 Å². The van der Waals surface area contributed by atoms with Crippen LogP contribution >= 0.6 is 45.6 Å². The molecule has 7 heterocycles. The number of rotatable bonds is 18. The number of nitrogens with one attached hydrogen (secondary N) is 3. The summed E-state index contributed by atoms with van der Waals surface area (Å²) in [5.41, 5.74) is 16.2. The summed E-state index contributed by atoms with van der Waals surface area (Å²) in [6.45, 7) is 14.6. The molecule has 15 rings (SSSR count). The predicted octanol–water partition coefficient (Wildman–Crippen LogP) is 19.0. The number of carbonyl (C=O) groups is 3. The summed E-state index contributed by atoms with van der Waals surface area (Å²) < 4.78 is 84.6. The zero-order valence-electron chi connectivity index (χ0n) is 59.5. The number of aryl methyl sites for hydroxylation is 7. The minimum Gasteiger partial charge on any atom is -0.302 e. The first-order valence-electron chi connectivity index (χ1n) is 34.4. The van der Waals surface area contributed by atoms with Gasteiger partial charge >= 0.3 is 0 Å². The van der Waals surface area contributed by atoms with Crippen LogP contribution in [-0.2, 0) is 83.0 Å². The molecule has 19 nitrogen and oxygen atoms in total. The highest BCUT2D eigenvalue weighted by molar-refractivity contribution is 7.93. The fourth-order valence-corrected chi connectivity index (χ4v) is 21.1. The molecule has 111 heavy (non-hydrogen) atoms. The largest absolute Gasteiger partial charge is 0.302 e. The Morgan fingerprint density at radius 3 is 0.982 bits per heavy atom. The summed E-state index contributed by atoms with van der Waals surface area (Å²) in [7, 11) is -10.9. The van der Waals surface area contributed by atoms with Crippen LogP contribution in [0.1, 0.15) is 100.0 Å². The van der Waals surface area contributed by atoms with Crippen molar-refractivity contribution < 1.29 is 39.6 Å². The maximum Gasteiger partial charge on any atom is 0.264 e. The summed E-state index contributed by atoms with van der Waals surface area (Å²) >= 11 is 10.2. The predicted molar refractivity (Wildman–Crippen MR) is 456 cm³/mol. The van der Waals surface area contributed by atoms with E-state index in [1.54, 1.807) is 60.9 Å². The van der Waals surface area contributed by atoms with Crippen molar-refractivity contribution in [2.45, 2.75) is 131 Å². The first-order valence-corrected chi connectivity index (χ1v) is 41.6. The third-order valence-corrected chi connectivity index (χ3v) is 27.4. The Bertz CT molecular complexity index is 5520. The topological polar surface area (TPSA) is 251 Å². The van der Waals surface area contributed by atoms with Crippen LogP contribution in [0.15, 0.2) is 215 Å². The van der Waals surface area contributed by atoms with Crippen molar-refractivity contribution in [1.29, 1.82) is 0 Å². The monoisotopic (exact) mass is 1620 g/mol. The van der Waals surface area contributed by atoms with Gasteiger partial charge in [0.1, 0.15) is 0 Å². The molecule has 578 valence electrons. The van der Waals surface area contributed by atoms with E-state index in [9.17, 15) is 39.6 Å². The summed E-state index contributed by atoms with van der Waals surface area (Å²) in [4.78, 5) is 59.4. The summed E-state index contributed by atoms with van der Waals surface area (Å²) in [6.07, 6.45) is 5.99. The molecule has 0 radical (unpaired) electrons. The third kappa shape index (κ3) is 18.9. The van der Waals surface area contributed by atoms with Crippen LogP contribution in [0.5, 0.6) is 0 Å². The highest BCUT2D eigenvalue weighted by atomic mass is 35.5. The van der Waals surface area contributed by atoms with Gasteiger partial charge in [0, 0.05) is 68.4 Å². The van der Waals surface area contributed by atoms with Crippen LogP contribution in [0.3, 0.4) is 0 Å². The molecule has 3 N–H and O–H groups in total. The summed E-state index contributed by atoms with van der Waals surface area (Å²) in [5.74, 6) is -0.392. The van der Waals surface area contributed by atoms with Gasteiger partial charge in [0.15, 0.2) is 15.4 Å². The van der Waals surface area contributed by atoms with Crippen molar-refractivity contribution in [3.05, 3.63) is 276 Å². The molecule has 0 fully saturated rings. The van der Waals surface area contributed by atoms with Crippen LogP contribution < -0.4 is 28.9 Å². The lowest BCUT2D eigenvalue weighted by molar-refractivity contribution is -0.116. The number of sulfonamides is 3. The van der Waals surface area contributed by atoms with Crippen molar-refractivity contribution in [2.75, 3.05) is 48.5 Å². The number of carbonyl (C=O) groups excluding carboxylic acids is 3. The van der Waals surface area contributed by atoms with Crippen LogP contribution in [-0.4, -0.2) is 82.5 Å². The van der Waals surface area contributed by atoms with E-state index < -0.39 is 30.1 Å². The number of thiazole rings is 3. The van der Waals surface area contributed by atoms with E-state index >= 15 is 0 Å². The maximum absolute atomic E-state index is 13.4. The van der Waals surface area contributed by atoms with Crippen LogP contribution in [0, 0.1) is 48.5 Å². The van der Waals surface area contributed by atoms with E-state index in [-0.39, 0.29) is 66.7 Å². The molecule has 12 aromatic rings. The van der Waals surface area contributed by atoms with Gasteiger partial charge in [-0.1, -0.05) is 156 Å². The fraction of sp³-hybridized carbons (Fsp3) is 0.235. The number of hydrogen-bond acceptors (Lipinski definition) is 16. The highest BCUT2D eigenvalue weighted by Gasteiger charge is 2.36. The normalized spacial score (nSPS) is 12.6. The molecule has 26 heteroatoms. The molecule has 0 saturated heterocycles. The van der Waals surface area contributed by atoms with Gasteiger partial charge in [0.25, 0.3) is 30.1 Å². The lowest BCUT2D eigenvalue weighted by Crippen LogP contribution is -2.29. The van der Waals surface area contributed by atoms with Crippen molar-refractivity contribution >= 4 is 126 Å². The fourth-order valence-electron chi connectivity index (χ4n) is 13.2. The molecule has 0 atom stereocenters. The quantitative estimate of drug-likeness (QED) is 0.0724. The van der Waals surface area contributed by atoms with Crippen LogP contribution in [0.25, 0.3) is 33.8 Å². The molecular weight excluding hydrogens is 1530 g/mol. The molecule has 0 aliphatic carbocycles. The number of anilines is 6. The molecule has 3 aliphatic rings. The first kappa shape index (κ1) is 84.8. The molecule has 8 aromatic carbocycles. The molecule has 0 spiro atoms. The van der Waals surface area contributed by atoms with Crippen molar-refractivity contribution in [3.8, 4) is 33.8 Å². The smallest absolute Gasteiger partial charge is 0.264 e. The van der Waals surface area contributed by atoms with Gasteiger partial charge in [-0.05, 0) is 197 Å². The van der Waals surface area contributed by atoms with Gasteiger partial charge < -0.3 is 16.0 Å². The van der Waals surface area contributed by atoms with Gasteiger partial charge in [0.2, 0.25) is 17.7 Å². The van der Waals surface area contributed by atoms with E-state index in [0.717, 1.165) is 104 Å². The number of amides is 3. The minimum absolute atomic E-state index is 0. The Morgan fingerprint density at radius 1 is 0.387 bits per heavy atom. The van der Waals surface area contributed by atoms with Gasteiger partial charge in [-0.25, -0.2) is 40.2 Å². The van der Waals surface area contributed by atoms with Gasteiger partial charge in [-0.15, -0.1) is 34.0 Å². The SMILES string of the molecule is C.C.C.C.Cc1ccc(CC(=O)Nc2nc(-c3ccc4c(c3)CCN4S(=O)(=O)c3ccccc3C)c(C)s2)cc1.Cc1ccccc1S(=O)(=O)N1CCc2cc(-c3nc(NC(=O)Cc4ccc(Cl)cc4)sc3C)ccc21.Cc1ccccc1S(=O)(=O)N1CCc2cc(-c3nc(NC(=O)Cc4ccncc4)sc3C)ccc21. The van der Waals surface area contributed by atoms with E-state index in [2.05, 4.69) is 35.9 Å². The summed E-state index contributed by atoms with van der Waals surface area (Å²) in [6, 6.07) is 57.2. The molecule has 3 aliphatic heterocycles. The van der Waals surface area contributed by atoms with Gasteiger partial charge in [-0.2, -0.15) is 0 Å². The summed E-state index contributed by atoms with van der Waals surface area (Å²) in [5, 5.41) is 11.0. The van der Waals surface area contributed by atoms with E-state index in [1.165, 1.54) is 46.9 Å². The highest BCUT2D eigenvalue weighted by Crippen LogP contribution is 2.43. The molecule has 0 bridgehead atoms. The number of halogens is 1. The number of nitrogens with zero attached hydrogens (tertiary/aromatic N) is 7. The van der Waals surface area contributed by atoms with Crippen LogP contribution in [0.2, 0.25) is 5.02 Å². The minimum atomic E-state index is -3.64. The Morgan fingerprint density at radius 2 is 0.676 bits per heavy atom. The average molecular weight is 1620 g/mol.